The van der Waals surface area contributed by atoms with E-state index < -0.39 is 0 Å². The molecule has 2 saturated heterocycles. The second kappa shape index (κ2) is 5.44. The normalized spacial score (nSPS) is 37.0. The summed E-state index contributed by atoms with van der Waals surface area (Å²) in [6, 6.07) is 0. The second-order valence-corrected chi connectivity index (χ2v) is 6.56. The Kier molecular flexibility index (Phi) is 3.78. The third-order valence-electron chi connectivity index (χ3n) is 4.87. The SMILES string of the molecule is C=C(OCCOC12CC3CC(C1)OC(=O)C(C3)C2)C(C)=O. The number of ether oxygens (including phenoxy) is 3. The van der Waals surface area contributed by atoms with E-state index in [4.69, 9.17) is 14.2 Å². The Labute approximate surface area is 124 Å². The summed E-state index contributed by atoms with van der Waals surface area (Å²) >= 11 is 0. The Hall–Kier alpha value is -1.36. The maximum Gasteiger partial charge on any atom is 0.309 e. The number of allylic oxidation sites excluding steroid dienone is 1. The Morgan fingerprint density at radius 3 is 2.90 bits per heavy atom. The van der Waals surface area contributed by atoms with Crippen LogP contribution in [0.5, 0.6) is 0 Å². The highest BCUT2D eigenvalue weighted by molar-refractivity contribution is 5.90. The molecule has 0 aromatic rings. The maximum absolute atomic E-state index is 11.9. The number of Topliss-reactive ketones (excluding diaryl/α,β-unsaturated/α-hetero) is 1. The standard InChI is InChI=1S/C16H22O5/c1-10(17)11(2)19-3-4-20-16-7-12-5-13(8-16)15(18)21-14(6-12)9-16/h12-14H,2-9H2,1H3. The summed E-state index contributed by atoms with van der Waals surface area (Å²) in [5, 5.41) is 0. The highest BCUT2D eigenvalue weighted by Gasteiger charge is 2.53. The number of hydrogen-bond donors (Lipinski definition) is 0. The topological polar surface area (TPSA) is 61.8 Å². The summed E-state index contributed by atoms with van der Waals surface area (Å²) < 4.78 is 16.9. The molecule has 4 atom stereocenters. The van der Waals surface area contributed by atoms with Crippen LogP contribution < -0.4 is 0 Å². The third kappa shape index (κ3) is 2.98. The van der Waals surface area contributed by atoms with Crippen molar-refractivity contribution in [2.24, 2.45) is 11.8 Å². The van der Waals surface area contributed by atoms with Crippen LogP contribution in [0.25, 0.3) is 0 Å². The lowest BCUT2D eigenvalue weighted by atomic mass is 9.65. The van der Waals surface area contributed by atoms with E-state index in [1.165, 1.54) is 6.92 Å². The predicted octanol–water partition coefficient (Wildman–Crippen LogP) is 2.00. The van der Waals surface area contributed by atoms with E-state index in [0.717, 1.165) is 32.1 Å². The van der Waals surface area contributed by atoms with Gasteiger partial charge in [-0.15, -0.1) is 0 Å². The first kappa shape index (κ1) is 14.6. The van der Waals surface area contributed by atoms with Gasteiger partial charge in [0.25, 0.3) is 0 Å². The molecule has 0 spiro atoms. The van der Waals surface area contributed by atoms with E-state index in [1.807, 2.05) is 0 Å². The first-order valence-electron chi connectivity index (χ1n) is 7.64. The summed E-state index contributed by atoms with van der Waals surface area (Å²) in [5.74, 6) is 0.473. The molecule has 116 valence electrons. The van der Waals surface area contributed by atoms with Crippen molar-refractivity contribution in [3.63, 3.8) is 0 Å². The summed E-state index contributed by atoms with van der Waals surface area (Å²) in [6.07, 6.45) is 4.48. The van der Waals surface area contributed by atoms with E-state index in [0.29, 0.717) is 19.1 Å². The molecule has 0 aromatic heterocycles. The molecule has 4 unspecified atom stereocenters. The average Bonchev–Trinajstić information content (AvgIpc) is 2.57. The average molecular weight is 294 g/mol. The third-order valence-corrected chi connectivity index (χ3v) is 4.87. The fourth-order valence-corrected chi connectivity index (χ4v) is 4.08. The van der Waals surface area contributed by atoms with Gasteiger partial charge in [-0.3, -0.25) is 9.59 Å². The molecular weight excluding hydrogens is 272 g/mol. The van der Waals surface area contributed by atoms with Crippen LogP contribution in [-0.2, 0) is 23.8 Å². The van der Waals surface area contributed by atoms with Gasteiger partial charge in [-0.1, -0.05) is 6.58 Å². The molecule has 21 heavy (non-hydrogen) atoms. The lowest BCUT2D eigenvalue weighted by Crippen LogP contribution is -2.47. The maximum atomic E-state index is 11.9. The van der Waals surface area contributed by atoms with E-state index in [9.17, 15) is 9.59 Å². The number of esters is 1. The molecule has 0 radical (unpaired) electrons. The van der Waals surface area contributed by atoms with Gasteiger partial charge in [0, 0.05) is 13.3 Å². The summed E-state index contributed by atoms with van der Waals surface area (Å²) in [6.45, 7) is 5.70. The Morgan fingerprint density at radius 1 is 1.33 bits per heavy atom. The predicted molar refractivity (Wildman–Crippen MR) is 74.4 cm³/mol. The lowest BCUT2D eigenvalue weighted by Gasteiger charge is -2.46. The van der Waals surface area contributed by atoms with Gasteiger partial charge < -0.3 is 14.2 Å². The van der Waals surface area contributed by atoms with Crippen LogP contribution in [-0.4, -0.2) is 36.7 Å². The monoisotopic (exact) mass is 294 g/mol. The van der Waals surface area contributed by atoms with E-state index >= 15 is 0 Å². The largest absolute Gasteiger partial charge is 0.488 e. The highest BCUT2D eigenvalue weighted by Crippen LogP contribution is 2.51. The van der Waals surface area contributed by atoms with Crippen LogP contribution >= 0.6 is 0 Å². The molecule has 5 heteroatoms. The van der Waals surface area contributed by atoms with Crippen LogP contribution in [0.3, 0.4) is 0 Å². The zero-order chi connectivity index (χ0) is 15.0. The van der Waals surface area contributed by atoms with Crippen molar-refractivity contribution in [3.05, 3.63) is 12.3 Å². The van der Waals surface area contributed by atoms with Gasteiger partial charge >= 0.3 is 5.97 Å². The van der Waals surface area contributed by atoms with Gasteiger partial charge in [0.1, 0.15) is 12.7 Å². The summed E-state index contributed by atoms with van der Waals surface area (Å²) in [7, 11) is 0. The molecule has 0 aromatic carbocycles. The fourth-order valence-electron chi connectivity index (χ4n) is 4.08. The fraction of sp³-hybridized carbons (Fsp3) is 0.750. The molecule has 2 saturated carbocycles. The van der Waals surface area contributed by atoms with E-state index in [-0.39, 0.29) is 35.1 Å². The molecule has 4 fully saturated rings. The van der Waals surface area contributed by atoms with Gasteiger partial charge in [-0.25, -0.2) is 0 Å². The van der Waals surface area contributed by atoms with Crippen LogP contribution in [0.4, 0.5) is 0 Å². The first-order valence-corrected chi connectivity index (χ1v) is 7.64. The number of carbonyl (C=O) groups excluding carboxylic acids is 2. The minimum absolute atomic E-state index is 0.00986. The highest BCUT2D eigenvalue weighted by atomic mass is 16.6. The van der Waals surface area contributed by atoms with Crippen molar-refractivity contribution in [2.45, 2.75) is 50.7 Å². The van der Waals surface area contributed by atoms with Gasteiger partial charge in [0.15, 0.2) is 11.5 Å². The minimum Gasteiger partial charge on any atom is -0.488 e. The Bertz CT molecular complexity index is 471. The van der Waals surface area contributed by atoms with Gasteiger partial charge in [-0.2, -0.15) is 0 Å². The first-order chi connectivity index (χ1) is 9.97. The van der Waals surface area contributed by atoms with E-state index in [1.54, 1.807) is 0 Å². The van der Waals surface area contributed by atoms with Crippen molar-refractivity contribution >= 4 is 11.8 Å². The van der Waals surface area contributed by atoms with Crippen molar-refractivity contribution in [2.75, 3.05) is 13.2 Å². The number of fused-ring (bicyclic) bond motifs is 1. The molecule has 2 aliphatic heterocycles. The molecule has 2 aliphatic carbocycles. The van der Waals surface area contributed by atoms with Gasteiger partial charge in [0.05, 0.1) is 18.1 Å². The summed E-state index contributed by atoms with van der Waals surface area (Å²) in [5.41, 5.74) is -0.246. The molecule has 4 rings (SSSR count). The zero-order valence-corrected chi connectivity index (χ0v) is 12.4. The molecule has 5 nitrogen and oxygen atoms in total. The van der Waals surface area contributed by atoms with Crippen molar-refractivity contribution in [1.29, 1.82) is 0 Å². The number of hydrogen-bond acceptors (Lipinski definition) is 5. The van der Waals surface area contributed by atoms with Crippen molar-refractivity contribution in [1.82, 2.24) is 0 Å². The molecule has 0 N–H and O–H groups in total. The molecular formula is C16H22O5. The number of carbonyl (C=O) groups is 2. The van der Waals surface area contributed by atoms with Crippen LogP contribution in [0.1, 0.15) is 39.0 Å². The summed E-state index contributed by atoms with van der Waals surface area (Å²) in [4.78, 5) is 23.0. The van der Waals surface area contributed by atoms with Gasteiger partial charge in [-0.05, 0) is 31.6 Å². The van der Waals surface area contributed by atoms with Gasteiger partial charge in [0.2, 0.25) is 0 Å². The van der Waals surface area contributed by atoms with Crippen LogP contribution in [0.2, 0.25) is 0 Å². The Balaban J connectivity index is 1.56. The zero-order valence-electron chi connectivity index (χ0n) is 12.4. The number of rotatable bonds is 6. The smallest absolute Gasteiger partial charge is 0.309 e. The number of ketones is 1. The molecule has 4 bridgehead atoms. The van der Waals surface area contributed by atoms with E-state index in [2.05, 4.69) is 6.58 Å². The van der Waals surface area contributed by atoms with Crippen molar-refractivity contribution < 1.29 is 23.8 Å². The van der Waals surface area contributed by atoms with Crippen LogP contribution in [0.15, 0.2) is 12.3 Å². The van der Waals surface area contributed by atoms with Crippen LogP contribution in [0, 0.1) is 11.8 Å². The quantitative estimate of drug-likeness (QED) is 0.324. The van der Waals surface area contributed by atoms with Crippen molar-refractivity contribution in [3.8, 4) is 0 Å². The molecule has 2 heterocycles. The molecule has 4 aliphatic rings. The molecule has 0 amide bonds. The lowest BCUT2D eigenvalue weighted by molar-refractivity contribution is -0.151. The minimum atomic E-state index is -0.246. The Morgan fingerprint density at radius 2 is 2.14 bits per heavy atom. The second-order valence-electron chi connectivity index (χ2n) is 6.56.